The molecule has 2 amide bonds. The second kappa shape index (κ2) is 5.14. The molecule has 1 saturated carbocycles. The van der Waals surface area contributed by atoms with E-state index in [2.05, 4.69) is 5.32 Å². The number of nitrogens with zero attached hydrogens (tertiary/aromatic N) is 1. The fourth-order valence-corrected chi connectivity index (χ4v) is 2.89. The Kier molecular flexibility index (Phi) is 3.88. The fraction of sp³-hybridized carbons (Fsp3) is 0.867. The van der Waals surface area contributed by atoms with Crippen molar-refractivity contribution >= 4 is 11.8 Å². The Morgan fingerprint density at radius 1 is 1.26 bits per heavy atom. The van der Waals surface area contributed by atoms with Crippen LogP contribution in [-0.4, -0.2) is 35.3 Å². The molecule has 0 radical (unpaired) electrons. The van der Waals surface area contributed by atoms with Crippen LogP contribution in [0.15, 0.2) is 0 Å². The number of hydrogen-bond acceptors (Lipinski definition) is 2. The molecule has 2 aliphatic rings. The van der Waals surface area contributed by atoms with Gasteiger partial charge in [-0.05, 0) is 24.2 Å². The fourth-order valence-electron chi connectivity index (χ4n) is 2.89. The van der Waals surface area contributed by atoms with Crippen LogP contribution in [0.2, 0.25) is 0 Å². The molecule has 1 saturated heterocycles. The van der Waals surface area contributed by atoms with Crippen LogP contribution in [0.3, 0.4) is 0 Å². The van der Waals surface area contributed by atoms with E-state index < -0.39 is 0 Å². The van der Waals surface area contributed by atoms with Crippen molar-refractivity contribution in [2.24, 2.45) is 11.3 Å². The molecule has 0 bridgehead atoms. The van der Waals surface area contributed by atoms with Gasteiger partial charge >= 0.3 is 0 Å². The van der Waals surface area contributed by atoms with Crippen LogP contribution in [0.5, 0.6) is 0 Å². The van der Waals surface area contributed by atoms with Gasteiger partial charge in [0.2, 0.25) is 11.8 Å². The SMILES string of the molecule is CCC1NC(=O)C(C(C)(C)C)N(CCC2CC2)C1=O. The zero-order valence-electron chi connectivity index (χ0n) is 12.5. The third kappa shape index (κ3) is 3.10. The van der Waals surface area contributed by atoms with Gasteiger partial charge in [-0.25, -0.2) is 0 Å². The van der Waals surface area contributed by atoms with E-state index in [0.717, 1.165) is 18.9 Å². The third-order valence-corrected chi connectivity index (χ3v) is 4.16. The maximum absolute atomic E-state index is 12.5. The van der Waals surface area contributed by atoms with Crippen molar-refractivity contribution < 1.29 is 9.59 Å². The van der Waals surface area contributed by atoms with Crippen LogP contribution in [0.25, 0.3) is 0 Å². The van der Waals surface area contributed by atoms with Gasteiger partial charge in [0.15, 0.2) is 0 Å². The summed E-state index contributed by atoms with van der Waals surface area (Å²) in [5.74, 6) is 0.885. The zero-order chi connectivity index (χ0) is 14.2. The normalized spacial score (nSPS) is 28.5. The molecule has 0 aromatic heterocycles. The number of piperazine rings is 1. The predicted molar refractivity (Wildman–Crippen MR) is 74.5 cm³/mol. The third-order valence-electron chi connectivity index (χ3n) is 4.16. The molecule has 19 heavy (non-hydrogen) atoms. The Hall–Kier alpha value is -1.06. The highest BCUT2D eigenvalue weighted by atomic mass is 16.2. The maximum Gasteiger partial charge on any atom is 0.245 e. The first kappa shape index (κ1) is 14.4. The second-order valence-electron chi connectivity index (χ2n) is 7.00. The van der Waals surface area contributed by atoms with Gasteiger partial charge < -0.3 is 10.2 Å². The number of carbonyl (C=O) groups is 2. The smallest absolute Gasteiger partial charge is 0.245 e. The van der Waals surface area contributed by atoms with Crippen LogP contribution < -0.4 is 5.32 Å². The minimum Gasteiger partial charge on any atom is -0.342 e. The Morgan fingerprint density at radius 3 is 2.37 bits per heavy atom. The highest BCUT2D eigenvalue weighted by molar-refractivity contribution is 5.97. The lowest BCUT2D eigenvalue weighted by Crippen LogP contribution is -2.66. The van der Waals surface area contributed by atoms with Gasteiger partial charge in [0.05, 0.1) is 0 Å². The van der Waals surface area contributed by atoms with Crippen molar-refractivity contribution in [2.75, 3.05) is 6.54 Å². The zero-order valence-corrected chi connectivity index (χ0v) is 12.5. The average Bonchev–Trinajstić information content (AvgIpc) is 3.11. The van der Waals surface area contributed by atoms with Gasteiger partial charge in [0.1, 0.15) is 12.1 Å². The van der Waals surface area contributed by atoms with Gasteiger partial charge in [-0.15, -0.1) is 0 Å². The van der Waals surface area contributed by atoms with Gasteiger partial charge in [-0.3, -0.25) is 9.59 Å². The monoisotopic (exact) mass is 266 g/mol. The largest absolute Gasteiger partial charge is 0.342 e. The number of nitrogens with one attached hydrogen (secondary N) is 1. The molecule has 2 unspecified atom stereocenters. The van der Waals surface area contributed by atoms with E-state index in [1.165, 1.54) is 12.8 Å². The summed E-state index contributed by atoms with van der Waals surface area (Å²) < 4.78 is 0. The van der Waals surface area contributed by atoms with Crippen molar-refractivity contribution in [3.63, 3.8) is 0 Å². The van der Waals surface area contributed by atoms with Crippen molar-refractivity contribution in [1.29, 1.82) is 0 Å². The van der Waals surface area contributed by atoms with E-state index in [9.17, 15) is 9.59 Å². The number of carbonyl (C=O) groups excluding carboxylic acids is 2. The summed E-state index contributed by atoms with van der Waals surface area (Å²) in [7, 11) is 0. The average molecular weight is 266 g/mol. The molecule has 1 aliphatic carbocycles. The summed E-state index contributed by atoms with van der Waals surface area (Å²) in [4.78, 5) is 26.7. The summed E-state index contributed by atoms with van der Waals surface area (Å²) >= 11 is 0. The van der Waals surface area contributed by atoms with Crippen molar-refractivity contribution in [3.8, 4) is 0 Å². The highest BCUT2D eigenvalue weighted by Gasteiger charge is 2.45. The van der Waals surface area contributed by atoms with Crippen LogP contribution in [0.4, 0.5) is 0 Å². The minimum atomic E-state index is -0.332. The Labute approximate surface area is 115 Å². The molecular weight excluding hydrogens is 240 g/mol. The van der Waals surface area contributed by atoms with E-state index >= 15 is 0 Å². The molecule has 2 atom stereocenters. The van der Waals surface area contributed by atoms with Gasteiger partial charge in [0.25, 0.3) is 0 Å². The molecule has 0 aromatic rings. The Balaban J connectivity index is 2.16. The van der Waals surface area contributed by atoms with Gasteiger partial charge in [-0.2, -0.15) is 0 Å². The molecule has 4 heteroatoms. The van der Waals surface area contributed by atoms with Crippen LogP contribution in [0, 0.1) is 11.3 Å². The minimum absolute atomic E-state index is 0.00902. The second-order valence-corrected chi connectivity index (χ2v) is 7.00. The quantitative estimate of drug-likeness (QED) is 0.845. The molecule has 2 fully saturated rings. The molecule has 1 aliphatic heterocycles. The summed E-state index contributed by atoms with van der Waals surface area (Å²) in [6.45, 7) is 8.76. The van der Waals surface area contributed by atoms with E-state index in [-0.39, 0.29) is 29.3 Å². The van der Waals surface area contributed by atoms with Gasteiger partial charge in [-0.1, -0.05) is 40.5 Å². The van der Waals surface area contributed by atoms with Crippen molar-refractivity contribution in [1.82, 2.24) is 10.2 Å². The van der Waals surface area contributed by atoms with E-state index in [4.69, 9.17) is 0 Å². The molecule has 4 nitrogen and oxygen atoms in total. The van der Waals surface area contributed by atoms with E-state index in [1.807, 2.05) is 32.6 Å². The lowest BCUT2D eigenvalue weighted by atomic mass is 9.82. The lowest BCUT2D eigenvalue weighted by molar-refractivity contribution is -0.154. The van der Waals surface area contributed by atoms with Crippen molar-refractivity contribution in [2.45, 2.75) is 65.5 Å². The van der Waals surface area contributed by atoms with Gasteiger partial charge in [0, 0.05) is 6.54 Å². The number of rotatable bonds is 4. The summed E-state index contributed by atoms with van der Waals surface area (Å²) in [6.07, 6.45) is 4.28. The maximum atomic E-state index is 12.5. The lowest BCUT2D eigenvalue weighted by Gasteiger charge is -2.44. The standard InChI is InChI=1S/C15H26N2O2/c1-5-11-14(19)17(9-8-10-6-7-10)12(13(18)16-11)15(2,3)4/h10-12H,5-9H2,1-4H3,(H,16,18). The molecule has 0 aromatic carbocycles. The predicted octanol–water partition coefficient (Wildman–Crippen LogP) is 1.94. The topological polar surface area (TPSA) is 49.4 Å². The van der Waals surface area contributed by atoms with Crippen LogP contribution in [0.1, 0.15) is 53.4 Å². The first-order valence-electron chi connectivity index (χ1n) is 7.45. The van der Waals surface area contributed by atoms with E-state index in [0.29, 0.717) is 6.42 Å². The molecule has 2 rings (SSSR count). The summed E-state index contributed by atoms with van der Waals surface area (Å²) in [6, 6.07) is -0.660. The van der Waals surface area contributed by atoms with Crippen LogP contribution in [-0.2, 0) is 9.59 Å². The number of hydrogen-bond donors (Lipinski definition) is 1. The summed E-state index contributed by atoms with van der Waals surface area (Å²) in [5.41, 5.74) is -0.220. The summed E-state index contributed by atoms with van der Waals surface area (Å²) in [5, 5.41) is 2.88. The molecule has 108 valence electrons. The first-order valence-corrected chi connectivity index (χ1v) is 7.45. The molecule has 1 N–H and O–H groups in total. The first-order chi connectivity index (χ1) is 8.84. The van der Waals surface area contributed by atoms with Crippen LogP contribution >= 0.6 is 0 Å². The van der Waals surface area contributed by atoms with Crippen molar-refractivity contribution in [3.05, 3.63) is 0 Å². The molecule has 1 heterocycles. The van der Waals surface area contributed by atoms with E-state index in [1.54, 1.807) is 0 Å². The molecular formula is C15H26N2O2. The highest BCUT2D eigenvalue weighted by Crippen LogP contribution is 2.34. The Bertz CT molecular complexity index is 369. The number of amides is 2. The Morgan fingerprint density at radius 2 is 1.89 bits per heavy atom. The molecule has 0 spiro atoms.